The lowest BCUT2D eigenvalue weighted by atomic mass is 9.92. The number of alkyl halides is 3. The van der Waals surface area contributed by atoms with Gasteiger partial charge in [-0.05, 0) is 172 Å². The first-order chi connectivity index (χ1) is 64.7. The molecule has 0 unspecified atom stereocenters. The van der Waals surface area contributed by atoms with Crippen molar-refractivity contribution in [3.8, 4) is 22.5 Å². The van der Waals surface area contributed by atoms with Crippen molar-refractivity contribution >= 4 is 210 Å². The average molecular weight is 1990 g/mol. The van der Waals surface area contributed by atoms with Gasteiger partial charge in [-0.2, -0.15) is 13.2 Å². The summed E-state index contributed by atoms with van der Waals surface area (Å²) in [6.07, 6.45) is -2.89. The molecule has 135 heavy (non-hydrogen) atoms. The Morgan fingerprint density at radius 2 is 0.600 bits per heavy atom. The second-order valence-corrected chi connectivity index (χ2v) is 34.3. The number of hydrogen-bond donors (Lipinski definition) is 0. The first kappa shape index (κ1) is 101. The molecule has 0 saturated carbocycles. The van der Waals surface area contributed by atoms with E-state index in [1.807, 2.05) is 226 Å². The van der Waals surface area contributed by atoms with Crippen LogP contribution in [-0.4, -0.2) is 102 Å². The van der Waals surface area contributed by atoms with Crippen LogP contribution in [0.25, 0.3) is 122 Å². The third-order valence-electron chi connectivity index (χ3n) is 19.2. The van der Waals surface area contributed by atoms with E-state index in [4.69, 9.17) is 109 Å². The summed E-state index contributed by atoms with van der Waals surface area (Å²) in [5, 5.41) is 2.74. The summed E-state index contributed by atoms with van der Waals surface area (Å²) in [5.41, 5.74) is 19.8. The monoisotopic (exact) mass is 1980 g/mol. The SMILES string of the molecule is CC(C)(C)c1nc2ccccc2nc1Cl.CC(C)Cc1nc2ccccc2nc1Cl.CC(C)c1nc2ccccc2nc1Cl.CCOC(=O)c1nc2ccccc2nc1Cl.CCc1nc2ccccc2nc1Cl.Cc1nc2ccccc2nc1Cl.Clc1nc2ccccc2nc1-c1ccccc1.FC(F)(F)c1nc2ccccc2nc1Cl.Fc1ccc(-c2nc3ccccc3nc2Cl)cc1. The highest BCUT2D eigenvalue weighted by molar-refractivity contribution is 6.34. The van der Waals surface area contributed by atoms with Crippen LogP contribution in [0, 0.1) is 18.7 Å². The van der Waals surface area contributed by atoms with Crippen LogP contribution in [0.5, 0.6) is 0 Å². The number of para-hydroxylation sites is 18. The fraction of sp³-hybridized carbons (Fsp3) is 0.167. The molecule has 0 saturated heterocycles. The maximum absolute atomic E-state index is 12.9. The highest BCUT2D eigenvalue weighted by atomic mass is 35.5. The van der Waals surface area contributed by atoms with Crippen molar-refractivity contribution in [3.05, 3.63) is 365 Å². The molecule has 0 amide bonds. The molecule has 0 radical (unpaired) electrons. The summed E-state index contributed by atoms with van der Waals surface area (Å²) >= 11 is 53.5. The zero-order valence-electron chi connectivity index (χ0n) is 74.0. The predicted molar refractivity (Wildman–Crippen MR) is 538 cm³/mol. The van der Waals surface area contributed by atoms with Gasteiger partial charge in [-0.1, -0.05) is 299 Å². The Balaban J connectivity index is 0.000000137. The molecule has 0 aliphatic rings. The van der Waals surface area contributed by atoms with E-state index in [2.05, 4.69) is 138 Å². The van der Waals surface area contributed by atoms with Crippen molar-refractivity contribution in [2.75, 3.05) is 6.61 Å². The fourth-order valence-electron chi connectivity index (χ4n) is 12.6. The summed E-state index contributed by atoms with van der Waals surface area (Å²) in [6, 6.07) is 83.2. The summed E-state index contributed by atoms with van der Waals surface area (Å²) < 4.78 is 54.9. The molecule has 0 atom stereocenters. The van der Waals surface area contributed by atoms with Crippen LogP contribution in [0.3, 0.4) is 0 Å². The molecule has 0 fully saturated rings. The van der Waals surface area contributed by atoms with Gasteiger partial charge in [0.25, 0.3) is 0 Å². The van der Waals surface area contributed by atoms with E-state index in [0.29, 0.717) is 70.2 Å². The van der Waals surface area contributed by atoms with Gasteiger partial charge in [0.2, 0.25) is 0 Å². The largest absolute Gasteiger partial charge is 0.461 e. The van der Waals surface area contributed by atoms with Gasteiger partial charge in [0.1, 0.15) is 17.2 Å². The van der Waals surface area contributed by atoms with Crippen LogP contribution in [0.15, 0.2) is 273 Å². The number of benzene rings is 11. The molecule has 0 aliphatic heterocycles. The summed E-state index contributed by atoms with van der Waals surface area (Å²) in [5.74, 6) is 0.00643. The van der Waals surface area contributed by atoms with E-state index in [-0.39, 0.29) is 34.2 Å². The van der Waals surface area contributed by atoms with Crippen LogP contribution in [-0.2, 0) is 29.2 Å². The predicted octanol–water partition coefficient (Wildman–Crippen LogP) is 29.7. The molecule has 9 aromatic heterocycles. The van der Waals surface area contributed by atoms with E-state index in [9.17, 15) is 22.4 Å². The molecule has 684 valence electrons. The van der Waals surface area contributed by atoms with Gasteiger partial charge in [-0.15, -0.1) is 0 Å². The molecule has 33 heteroatoms. The topological polar surface area (TPSA) is 258 Å². The second kappa shape index (κ2) is 47.5. The molecular weight excluding hydrogens is 1900 g/mol. The van der Waals surface area contributed by atoms with Gasteiger partial charge in [0.05, 0.1) is 134 Å². The number of aryl methyl sites for hydroxylation is 2. The number of halogens is 13. The van der Waals surface area contributed by atoms with Crippen molar-refractivity contribution in [1.82, 2.24) is 89.7 Å². The second-order valence-electron chi connectivity index (χ2n) is 31.1. The number of fused-ring (bicyclic) bond motifs is 9. The van der Waals surface area contributed by atoms with Crippen LogP contribution in [0.1, 0.15) is 113 Å². The third kappa shape index (κ3) is 27.8. The number of hydrogen-bond acceptors (Lipinski definition) is 20. The molecular formula is C102H83Cl9F4N18O2. The quantitative estimate of drug-likeness (QED) is 0.101. The zero-order valence-corrected chi connectivity index (χ0v) is 80.8. The Morgan fingerprint density at radius 1 is 0.311 bits per heavy atom. The van der Waals surface area contributed by atoms with Crippen molar-refractivity contribution in [2.45, 2.75) is 99.6 Å². The maximum Gasteiger partial charge on any atom is 0.436 e. The number of rotatable bonds is 8. The minimum atomic E-state index is -4.58. The van der Waals surface area contributed by atoms with Gasteiger partial charge in [0, 0.05) is 16.5 Å². The van der Waals surface area contributed by atoms with E-state index in [0.717, 1.165) is 135 Å². The molecule has 0 spiro atoms. The Bertz CT molecular complexity index is 7420. The highest BCUT2D eigenvalue weighted by Crippen LogP contribution is 2.35. The van der Waals surface area contributed by atoms with Crippen LogP contribution < -0.4 is 0 Å². The molecule has 0 N–H and O–H groups in total. The lowest BCUT2D eigenvalue weighted by molar-refractivity contribution is -0.141. The molecule has 0 bridgehead atoms. The summed E-state index contributed by atoms with van der Waals surface area (Å²) in [6.45, 7) is 20.5. The third-order valence-corrected chi connectivity index (χ3v) is 21.7. The van der Waals surface area contributed by atoms with E-state index < -0.39 is 23.0 Å². The first-order valence-electron chi connectivity index (χ1n) is 42.0. The smallest absolute Gasteiger partial charge is 0.436 e. The zero-order chi connectivity index (χ0) is 96.6. The van der Waals surface area contributed by atoms with Gasteiger partial charge in [-0.25, -0.2) is 98.9 Å². The average Bonchev–Trinajstić information content (AvgIpc) is 0.798. The molecule has 20 rings (SSSR count). The van der Waals surface area contributed by atoms with Gasteiger partial charge in [-0.3, -0.25) is 0 Å². The van der Waals surface area contributed by atoms with Crippen molar-refractivity contribution in [3.63, 3.8) is 0 Å². The van der Waals surface area contributed by atoms with Crippen molar-refractivity contribution in [1.29, 1.82) is 0 Å². The fourth-order valence-corrected chi connectivity index (χ4v) is 15.0. The lowest BCUT2D eigenvalue weighted by Gasteiger charge is -2.18. The Hall–Kier alpha value is -12.7. The molecule has 11 aromatic carbocycles. The van der Waals surface area contributed by atoms with Gasteiger partial charge >= 0.3 is 12.1 Å². The summed E-state index contributed by atoms with van der Waals surface area (Å²) in [7, 11) is 0. The van der Waals surface area contributed by atoms with E-state index in [1.54, 1.807) is 49.4 Å². The maximum atomic E-state index is 12.9. The summed E-state index contributed by atoms with van der Waals surface area (Å²) in [4.78, 5) is 88.0. The van der Waals surface area contributed by atoms with Crippen LogP contribution >= 0.6 is 104 Å². The lowest BCUT2D eigenvalue weighted by Crippen LogP contribution is -2.15. The van der Waals surface area contributed by atoms with Crippen molar-refractivity contribution in [2.24, 2.45) is 5.92 Å². The standard InChI is InChI=1S/C14H8ClFN2.C14H9ClN2.2C12H13ClN2.C11H9ClN2O2.C11H11ClN2.C10H9ClN2.C9H4ClF3N2.C9H7ClN2/c15-14-13(9-5-7-10(16)8-6-9)17-11-3-1-2-4-12(11)18-14;15-14-13(10-6-2-1-3-7-10)16-11-8-4-5-9-12(11)17-14;1-12(2,3)10-11(13)15-9-7-5-4-6-8(9)14-10;1-8(2)7-11-12(13)15-10-6-4-3-5-9(10)14-11;1-2-16-11(15)9-10(12)14-8-6-4-3-5-7(8)13-9;1-7(2)10-11(12)14-9-6-4-3-5-8(9)13-10;1-2-7-10(11)13-9-6-4-3-5-8(9)12-7;10-8-7(9(11,12)13)14-5-3-1-2-4-6(5)15-8;1-6-9(10)12-8-5-3-2-4-7(8)11-6/h1-8H;1-9H;4-7H,1-3H3;3-6,8H,7H2,1-2H3;3-6H,2H2,1H3;3-7H,1-2H3;3-6H,2H2,1H3;1-4H;2-5H,1H3. The molecule has 20 nitrogen and oxygen atoms in total. The Labute approximate surface area is 819 Å². The molecule has 0 aliphatic carbocycles. The van der Waals surface area contributed by atoms with Gasteiger partial charge < -0.3 is 4.74 Å². The number of nitrogens with zero attached hydrogens (tertiary/aromatic N) is 18. The van der Waals surface area contributed by atoms with E-state index >= 15 is 0 Å². The Morgan fingerprint density at radius 3 is 0.970 bits per heavy atom. The number of carbonyl (C=O) groups is 1. The molecule has 20 aromatic rings. The minimum absolute atomic E-state index is 0.0576. The minimum Gasteiger partial charge on any atom is -0.461 e. The first-order valence-corrected chi connectivity index (χ1v) is 45.4. The number of carbonyl (C=O) groups excluding carboxylic acids is 1. The van der Waals surface area contributed by atoms with Crippen LogP contribution in [0.4, 0.5) is 17.6 Å². The van der Waals surface area contributed by atoms with Gasteiger partial charge in [0.15, 0.2) is 57.8 Å². The molecule has 9 heterocycles. The van der Waals surface area contributed by atoms with Crippen molar-refractivity contribution < 1.29 is 27.1 Å². The number of esters is 1. The normalized spacial score (nSPS) is 11.0. The Kier molecular flexibility index (Phi) is 35.6. The van der Waals surface area contributed by atoms with E-state index in [1.165, 1.54) is 18.2 Å². The number of ether oxygens (including phenoxy) is 1. The van der Waals surface area contributed by atoms with Crippen LogP contribution in [0.2, 0.25) is 46.4 Å². The highest BCUT2D eigenvalue weighted by Gasteiger charge is 2.36. The number of aromatic nitrogens is 18.